The molecule has 1 N–H and O–H groups in total. The number of benzene rings is 1. The van der Waals surface area contributed by atoms with Gasteiger partial charge in [-0.3, -0.25) is 4.98 Å². The van der Waals surface area contributed by atoms with E-state index in [9.17, 15) is 5.11 Å². The monoisotopic (exact) mass is 297 g/mol. The second-order valence-corrected chi connectivity index (χ2v) is 4.61. The van der Waals surface area contributed by atoms with Crippen LogP contribution in [0.15, 0.2) is 47.1 Å². The van der Waals surface area contributed by atoms with E-state index in [1.807, 2.05) is 12.1 Å². The SMILES string of the molecule is O[C@@H](c1ccccn1)c1ccc(Cl)cc1Br. The van der Waals surface area contributed by atoms with Crippen LogP contribution in [-0.4, -0.2) is 10.1 Å². The van der Waals surface area contributed by atoms with E-state index >= 15 is 0 Å². The molecule has 0 saturated carbocycles. The number of aliphatic hydroxyl groups is 1. The Labute approximate surface area is 107 Å². The van der Waals surface area contributed by atoms with Crippen LogP contribution in [-0.2, 0) is 0 Å². The Kier molecular flexibility index (Phi) is 3.59. The van der Waals surface area contributed by atoms with E-state index in [4.69, 9.17) is 11.6 Å². The van der Waals surface area contributed by atoms with Crippen molar-refractivity contribution >= 4 is 27.5 Å². The van der Waals surface area contributed by atoms with Gasteiger partial charge in [0.05, 0.1) is 5.69 Å². The van der Waals surface area contributed by atoms with Crippen molar-refractivity contribution in [3.05, 3.63) is 63.3 Å². The first kappa shape index (κ1) is 11.6. The molecule has 1 atom stereocenters. The van der Waals surface area contributed by atoms with Gasteiger partial charge < -0.3 is 5.11 Å². The molecule has 4 heteroatoms. The van der Waals surface area contributed by atoms with Crippen LogP contribution >= 0.6 is 27.5 Å². The summed E-state index contributed by atoms with van der Waals surface area (Å²) in [5, 5.41) is 10.8. The number of hydrogen-bond acceptors (Lipinski definition) is 2. The maximum absolute atomic E-state index is 10.1. The summed E-state index contributed by atoms with van der Waals surface area (Å²) >= 11 is 9.21. The molecule has 0 bridgehead atoms. The summed E-state index contributed by atoms with van der Waals surface area (Å²) in [5.41, 5.74) is 1.37. The zero-order valence-electron chi connectivity index (χ0n) is 8.27. The quantitative estimate of drug-likeness (QED) is 0.919. The highest BCUT2D eigenvalue weighted by Gasteiger charge is 2.14. The first-order valence-corrected chi connectivity index (χ1v) is 5.89. The minimum atomic E-state index is -0.743. The summed E-state index contributed by atoms with van der Waals surface area (Å²) in [6, 6.07) is 10.7. The van der Waals surface area contributed by atoms with Gasteiger partial charge in [0, 0.05) is 21.3 Å². The molecular weight excluding hydrogens is 289 g/mol. The summed E-state index contributed by atoms with van der Waals surface area (Å²) in [6.07, 6.45) is 0.912. The van der Waals surface area contributed by atoms with Crippen molar-refractivity contribution in [1.29, 1.82) is 0 Å². The van der Waals surface area contributed by atoms with E-state index in [1.165, 1.54) is 0 Å². The van der Waals surface area contributed by atoms with Crippen LogP contribution in [0.1, 0.15) is 17.4 Å². The number of hydrogen-bond donors (Lipinski definition) is 1. The van der Waals surface area contributed by atoms with Crippen LogP contribution in [0.2, 0.25) is 5.02 Å². The number of pyridine rings is 1. The third kappa shape index (κ3) is 2.43. The van der Waals surface area contributed by atoms with E-state index in [-0.39, 0.29) is 0 Å². The van der Waals surface area contributed by atoms with Crippen LogP contribution in [0.25, 0.3) is 0 Å². The van der Waals surface area contributed by atoms with Gasteiger partial charge in [0.25, 0.3) is 0 Å². The first-order chi connectivity index (χ1) is 7.68. The van der Waals surface area contributed by atoms with Crippen LogP contribution in [0, 0.1) is 0 Å². The van der Waals surface area contributed by atoms with Gasteiger partial charge in [-0.05, 0) is 24.3 Å². The Morgan fingerprint density at radius 3 is 2.69 bits per heavy atom. The molecule has 2 nitrogen and oxygen atoms in total. The number of aromatic nitrogens is 1. The van der Waals surface area contributed by atoms with Crippen molar-refractivity contribution in [2.75, 3.05) is 0 Å². The molecule has 0 fully saturated rings. The highest BCUT2D eigenvalue weighted by Crippen LogP contribution is 2.29. The Hall–Kier alpha value is -0.900. The van der Waals surface area contributed by atoms with E-state index in [2.05, 4.69) is 20.9 Å². The predicted molar refractivity (Wildman–Crippen MR) is 67.5 cm³/mol. The zero-order valence-corrected chi connectivity index (χ0v) is 10.6. The smallest absolute Gasteiger partial charge is 0.122 e. The molecule has 0 spiro atoms. The summed E-state index contributed by atoms with van der Waals surface area (Å²) < 4.78 is 0.776. The number of nitrogens with zero attached hydrogens (tertiary/aromatic N) is 1. The fourth-order valence-corrected chi connectivity index (χ4v) is 2.32. The fourth-order valence-electron chi connectivity index (χ4n) is 1.42. The van der Waals surface area contributed by atoms with Crippen molar-refractivity contribution < 1.29 is 5.11 Å². The van der Waals surface area contributed by atoms with E-state index in [0.29, 0.717) is 10.7 Å². The number of aliphatic hydroxyl groups excluding tert-OH is 1. The van der Waals surface area contributed by atoms with Crippen molar-refractivity contribution in [1.82, 2.24) is 4.98 Å². The molecule has 0 aliphatic rings. The second kappa shape index (κ2) is 4.95. The maximum atomic E-state index is 10.1. The zero-order chi connectivity index (χ0) is 11.5. The van der Waals surface area contributed by atoms with Crippen LogP contribution in [0.3, 0.4) is 0 Å². The molecule has 0 radical (unpaired) electrons. The van der Waals surface area contributed by atoms with Gasteiger partial charge in [0.15, 0.2) is 0 Å². The summed E-state index contributed by atoms with van der Waals surface area (Å²) in [6.45, 7) is 0. The van der Waals surface area contributed by atoms with E-state index < -0.39 is 6.10 Å². The lowest BCUT2D eigenvalue weighted by Crippen LogP contribution is -2.02. The van der Waals surface area contributed by atoms with Gasteiger partial charge in [0.1, 0.15) is 6.10 Å². The van der Waals surface area contributed by atoms with Crippen molar-refractivity contribution in [3.63, 3.8) is 0 Å². The van der Waals surface area contributed by atoms with Gasteiger partial charge in [-0.2, -0.15) is 0 Å². The molecular formula is C12H9BrClNO. The van der Waals surface area contributed by atoms with Crippen LogP contribution < -0.4 is 0 Å². The predicted octanol–water partition coefficient (Wildman–Crippen LogP) is 3.58. The average molecular weight is 299 g/mol. The molecule has 0 aliphatic carbocycles. The van der Waals surface area contributed by atoms with Crippen molar-refractivity contribution in [2.45, 2.75) is 6.10 Å². The Morgan fingerprint density at radius 1 is 1.25 bits per heavy atom. The highest BCUT2D eigenvalue weighted by molar-refractivity contribution is 9.10. The molecule has 1 heterocycles. The normalized spacial score (nSPS) is 12.4. The van der Waals surface area contributed by atoms with Crippen LogP contribution in [0.4, 0.5) is 0 Å². The third-order valence-electron chi connectivity index (χ3n) is 2.23. The maximum Gasteiger partial charge on any atom is 0.122 e. The van der Waals surface area contributed by atoms with Gasteiger partial charge in [0.2, 0.25) is 0 Å². The molecule has 2 rings (SSSR count). The highest BCUT2D eigenvalue weighted by atomic mass is 79.9. The largest absolute Gasteiger partial charge is 0.382 e. The average Bonchev–Trinajstić information content (AvgIpc) is 2.29. The lowest BCUT2D eigenvalue weighted by atomic mass is 10.1. The van der Waals surface area contributed by atoms with Gasteiger partial charge in [-0.15, -0.1) is 0 Å². The molecule has 16 heavy (non-hydrogen) atoms. The Bertz CT molecular complexity index is 490. The van der Waals surface area contributed by atoms with Gasteiger partial charge >= 0.3 is 0 Å². The fraction of sp³-hybridized carbons (Fsp3) is 0.0833. The Balaban J connectivity index is 2.38. The minimum Gasteiger partial charge on any atom is -0.382 e. The van der Waals surface area contributed by atoms with E-state index in [1.54, 1.807) is 30.5 Å². The molecule has 0 unspecified atom stereocenters. The second-order valence-electron chi connectivity index (χ2n) is 3.32. The lowest BCUT2D eigenvalue weighted by Gasteiger charge is -2.12. The molecule has 0 aliphatic heterocycles. The molecule has 2 aromatic rings. The molecule has 1 aromatic heterocycles. The lowest BCUT2D eigenvalue weighted by molar-refractivity contribution is 0.214. The van der Waals surface area contributed by atoms with E-state index in [0.717, 1.165) is 10.0 Å². The van der Waals surface area contributed by atoms with Gasteiger partial charge in [-0.25, -0.2) is 0 Å². The Morgan fingerprint density at radius 2 is 2.06 bits per heavy atom. The summed E-state index contributed by atoms with van der Waals surface area (Å²) in [5.74, 6) is 0. The third-order valence-corrected chi connectivity index (χ3v) is 3.15. The molecule has 0 saturated heterocycles. The first-order valence-electron chi connectivity index (χ1n) is 4.72. The van der Waals surface area contributed by atoms with Gasteiger partial charge in [-0.1, -0.05) is 39.7 Å². The topological polar surface area (TPSA) is 33.1 Å². The summed E-state index contributed by atoms with van der Waals surface area (Å²) in [4.78, 5) is 4.11. The minimum absolute atomic E-state index is 0.616. The summed E-state index contributed by atoms with van der Waals surface area (Å²) in [7, 11) is 0. The van der Waals surface area contributed by atoms with Crippen LogP contribution in [0.5, 0.6) is 0 Å². The number of rotatable bonds is 2. The molecule has 0 amide bonds. The van der Waals surface area contributed by atoms with Crippen molar-refractivity contribution in [2.24, 2.45) is 0 Å². The molecule has 82 valence electrons. The molecule has 1 aromatic carbocycles. The number of halogens is 2. The van der Waals surface area contributed by atoms with Crippen molar-refractivity contribution in [3.8, 4) is 0 Å². The standard InChI is InChI=1S/C12H9BrClNO/c13-10-7-8(14)4-5-9(10)12(16)11-3-1-2-6-15-11/h1-7,12,16H/t12-/m1/s1.